The Labute approximate surface area is 160 Å². The lowest BCUT2D eigenvalue weighted by Gasteiger charge is -2.33. The van der Waals surface area contributed by atoms with Crippen molar-refractivity contribution in [1.82, 2.24) is 10.3 Å². The predicted octanol–water partition coefficient (Wildman–Crippen LogP) is 3.47. The zero-order valence-electron chi connectivity index (χ0n) is 14.3. The van der Waals surface area contributed by atoms with Gasteiger partial charge in [0.25, 0.3) is 5.91 Å². The van der Waals surface area contributed by atoms with Crippen LogP contribution in [0.2, 0.25) is 5.02 Å². The Morgan fingerprint density at radius 1 is 1.37 bits per heavy atom. The van der Waals surface area contributed by atoms with E-state index < -0.39 is 34.9 Å². The molecule has 7 heteroatoms. The molecule has 1 aliphatic carbocycles. The van der Waals surface area contributed by atoms with Crippen molar-refractivity contribution in [2.24, 2.45) is 0 Å². The number of amides is 1. The van der Waals surface area contributed by atoms with Gasteiger partial charge in [-0.05, 0) is 37.5 Å². The molecule has 1 aromatic heterocycles. The maximum atomic E-state index is 13.7. The van der Waals surface area contributed by atoms with Crippen LogP contribution in [-0.4, -0.2) is 27.6 Å². The van der Waals surface area contributed by atoms with Gasteiger partial charge in [-0.15, -0.1) is 0 Å². The van der Waals surface area contributed by atoms with Crippen molar-refractivity contribution in [3.8, 4) is 11.8 Å². The molecule has 140 valence electrons. The monoisotopic (exact) mass is 390 g/mol. The number of carbonyl (C=O) groups excluding carboxylic acids is 1. The fourth-order valence-electron chi connectivity index (χ4n) is 3.08. The molecule has 1 saturated carbocycles. The molecule has 1 aliphatic rings. The number of pyridine rings is 1. The number of nitrogens with one attached hydrogen (secondary N) is 1. The normalized spacial score (nSPS) is 21.9. The first kappa shape index (κ1) is 19.3. The minimum atomic E-state index is -1.27. The van der Waals surface area contributed by atoms with Crippen LogP contribution in [0.5, 0.6) is 0 Å². The predicted molar refractivity (Wildman–Crippen MR) is 97.2 cm³/mol. The smallest absolute Gasteiger partial charge is 0.273 e. The lowest BCUT2D eigenvalue weighted by atomic mass is 9.82. The first-order chi connectivity index (χ1) is 12.8. The molecule has 0 spiro atoms. The molecule has 0 saturated heterocycles. The Bertz CT molecular complexity index is 926. The maximum absolute atomic E-state index is 13.7. The average molecular weight is 391 g/mol. The van der Waals surface area contributed by atoms with E-state index in [4.69, 9.17) is 11.6 Å². The van der Waals surface area contributed by atoms with Crippen LogP contribution in [0.4, 0.5) is 8.78 Å². The van der Waals surface area contributed by atoms with E-state index in [2.05, 4.69) is 22.1 Å². The summed E-state index contributed by atoms with van der Waals surface area (Å²) in [6.45, 7) is 0. The van der Waals surface area contributed by atoms with E-state index in [1.165, 1.54) is 0 Å². The highest BCUT2D eigenvalue weighted by Gasteiger charge is 2.34. The number of aliphatic hydroxyl groups is 1. The van der Waals surface area contributed by atoms with Gasteiger partial charge in [0, 0.05) is 29.1 Å². The summed E-state index contributed by atoms with van der Waals surface area (Å²) in [5, 5.41) is 13.9. The number of hydrogen-bond donors (Lipinski definition) is 2. The van der Waals surface area contributed by atoms with Gasteiger partial charge in [0.2, 0.25) is 0 Å². The summed E-state index contributed by atoms with van der Waals surface area (Å²) in [7, 11) is 0. The molecule has 1 aromatic carbocycles. The van der Waals surface area contributed by atoms with E-state index in [-0.39, 0.29) is 6.42 Å². The van der Waals surface area contributed by atoms with Crippen LogP contribution in [0, 0.1) is 23.5 Å². The molecule has 27 heavy (non-hydrogen) atoms. The number of benzene rings is 1. The summed E-state index contributed by atoms with van der Waals surface area (Å²) >= 11 is 5.92. The number of nitrogens with zero attached hydrogens (tertiary/aromatic N) is 1. The lowest BCUT2D eigenvalue weighted by molar-refractivity contribution is 0.0451. The highest BCUT2D eigenvalue weighted by atomic mass is 35.5. The molecule has 4 nitrogen and oxygen atoms in total. The number of hydrogen-bond acceptors (Lipinski definition) is 3. The molecule has 2 N–H and O–H groups in total. The Balaban J connectivity index is 1.69. The topological polar surface area (TPSA) is 62.2 Å². The van der Waals surface area contributed by atoms with Crippen molar-refractivity contribution in [1.29, 1.82) is 0 Å². The maximum Gasteiger partial charge on any atom is 0.273 e. The van der Waals surface area contributed by atoms with E-state index in [0.717, 1.165) is 6.20 Å². The summed E-state index contributed by atoms with van der Waals surface area (Å²) < 4.78 is 26.6. The summed E-state index contributed by atoms with van der Waals surface area (Å²) in [6, 6.07) is 7.20. The summed E-state index contributed by atoms with van der Waals surface area (Å²) in [4.78, 5) is 15.7. The van der Waals surface area contributed by atoms with Gasteiger partial charge in [-0.1, -0.05) is 29.5 Å². The van der Waals surface area contributed by atoms with Crippen LogP contribution >= 0.6 is 11.6 Å². The van der Waals surface area contributed by atoms with Crippen molar-refractivity contribution in [2.75, 3.05) is 0 Å². The molecule has 2 aromatic rings. The van der Waals surface area contributed by atoms with Gasteiger partial charge in [0.05, 0.1) is 6.20 Å². The average Bonchev–Trinajstić information content (AvgIpc) is 2.60. The molecule has 0 aliphatic heterocycles. The van der Waals surface area contributed by atoms with Crippen molar-refractivity contribution >= 4 is 17.5 Å². The number of rotatable bonds is 2. The summed E-state index contributed by atoms with van der Waals surface area (Å²) in [5.74, 6) is 3.14. The molecule has 0 bridgehead atoms. The lowest BCUT2D eigenvalue weighted by Crippen LogP contribution is -2.45. The number of aromatic nitrogens is 1. The highest BCUT2D eigenvalue weighted by molar-refractivity contribution is 6.30. The molecule has 1 fully saturated rings. The minimum absolute atomic E-state index is 0.203. The third-order valence-electron chi connectivity index (χ3n) is 4.35. The Hall–Kier alpha value is -2.49. The zero-order chi connectivity index (χ0) is 19.4. The van der Waals surface area contributed by atoms with E-state index in [1.54, 1.807) is 24.3 Å². The number of halogens is 3. The van der Waals surface area contributed by atoms with Gasteiger partial charge >= 0.3 is 0 Å². The number of carbonyl (C=O) groups is 1. The molecule has 1 heterocycles. The van der Waals surface area contributed by atoms with Gasteiger partial charge < -0.3 is 10.4 Å². The van der Waals surface area contributed by atoms with Crippen molar-refractivity contribution in [3.05, 3.63) is 64.4 Å². The summed E-state index contributed by atoms with van der Waals surface area (Å²) in [6.07, 6.45) is 2.72. The van der Waals surface area contributed by atoms with Gasteiger partial charge in [-0.25, -0.2) is 13.8 Å². The van der Waals surface area contributed by atoms with E-state index in [9.17, 15) is 18.7 Å². The first-order valence-electron chi connectivity index (χ1n) is 8.48. The standard InChI is InChI=1S/C20H17ClF2N2O2/c21-14-4-1-3-13(9-14)6-8-20(27)7-2-5-16(11-20)25-19(26)18-17(23)10-15(22)12-24-18/h1,3-4,9-10,12,16,27H,2,5,7,11H2,(H,25,26)/t16-,20+/m0/s1. The van der Waals surface area contributed by atoms with Crippen molar-refractivity contribution in [3.63, 3.8) is 0 Å². The third-order valence-corrected chi connectivity index (χ3v) is 4.58. The van der Waals surface area contributed by atoms with Crippen molar-refractivity contribution in [2.45, 2.75) is 37.3 Å². The van der Waals surface area contributed by atoms with Gasteiger partial charge in [-0.3, -0.25) is 4.79 Å². The molecule has 1 amide bonds. The van der Waals surface area contributed by atoms with Crippen LogP contribution in [-0.2, 0) is 0 Å². The van der Waals surface area contributed by atoms with Crippen LogP contribution in [0.3, 0.4) is 0 Å². The quantitative estimate of drug-likeness (QED) is 0.772. The summed E-state index contributed by atoms with van der Waals surface area (Å²) in [5.41, 5.74) is -1.07. The van der Waals surface area contributed by atoms with Gasteiger partial charge in [-0.2, -0.15) is 0 Å². The van der Waals surface area contributed by atoms with E-state index >= 15 is 0 Å². The second-order valence-electron chi connectivity index (χ2n) is 6.54. The van der Waals surface area contributed by atoms with Gasteiger partial charge in [0.15, 0.2) is 11.5 Å². The first-order valence-corrected chi connectivity index (χ1v) is 8.85. The van der Waals surface area contributed by atoms with E-state index in [0.29, 0.717) is 35.9 Å². The highest BCUT2D eigenvalue weighted by Crippen LogP contribution is 2.28. The molecule has 2 atom stereocenters. The van der Waals surface area contributed by atoms with Crippen LogP contribution < -0.4 is 5.32 Å². The van der Waals surface area contributed by atoms with E-state index in [1.807, 2.05) is 0 Å². The Morgan fingerprint density at radius 3 is 2.93 bits per heavy atom. The Kier molecular flexibility index (Phi) is 5.73. The zero-order valence-corrected chi connectivity index (χ0v) is 15.1. The van der Waals surface area contributed by atoms with Gasteiger partial charge in [0.1, 0.15) is 11.4 Å². The molecule has 0 unspecified atom stereocenters. The molecular weight excluding hydrogens is 374 g/mol. The fourth-order valence-corrected chi connectivity index (χ4v) is 3.27. The van der Waals surface area contributed by atoms with Crippen LogP contribution in [0.25, 0.3) is 0 Å². The third kappa shape index (κ3) is 5.03. The fraction of sp³-hybridized carbons (Fsp3) is 0.300. The second kappa shape index (κ2) is 8.03. The minimum Gasteiger partial charge on any atom is -0.378 e. The molecular formula is C20H17ClF2N2O2. The SMILES string of the molecule is O=C(N[C@H]1CCC[C@@](O)(C#Cc2cccc(Cl)c2)C1)c1ncc(F)cc1F. The van der Waals surface area contributed by atoms with Crippen LogP contribution in [0.15, 0.2) is 36.5 Å². The largest absolute Gasteiger partial charge is 0.378 e. The van der Waals surface area contributed by atoms with Crippen LogP contribution in [0.1, 0.15) is 41.7 Å². The second-order valence-corrected chi connectivity index (χ2v) is 6.98. The molecule has 0 radical (unpaired) electrons. The Morgan fingerprint density at radius 2 is 2.19 bits per heavy atom. The van der Waals surface area contributed by atoms with Crippen molar-refractivity contribution < 1.29 is 18.7 Å². The molecule has 3 rings (SSSR count).